The molecule has 1 aliphatic heterocycles. The number of urea groups is 1. The Bertz CT molecular complexity index is 847. The zero-order valence-corrected chi connectivity index (χ0v) is 15.6. The molecular weight excluding hydrogens is 328 g/mol. The third-order valence-corrected chi connectivity index (χ3v) is 4.57. The average molecular weight is 352 g/mol. The van der Waals surface area contributed by atoms with Gasteiger partial charge in [0.1, 0.15) is 11.3 Å². The van der Waals surface area contributed by atoms with E-state index in [1.807, 2.05) is 69.3 Å². The van der Waals surface area contributed by atoms with Gasteiger partial charge >= 0.3 is 6.03 Å². The standard InChI is InChI=1S/C21H24N2O3/c1-14(2)26-17-10-7-9-16(12-17)13-23-19(24)21(4,22-20(23)25)18-11-6-5-8-15(18)3/h5-12,14H,13H2,1-4H3,(H,22,25). The molecular formula is C21H24N2O3. The van der Waals surface area contributed by atoms with E-state index in [0.717, 1.165) is 22.4 Å². The van der Waals surface area contributed by atoms with Crippen LogP contribution in [-0.4, -0.2) is 22.9 Å². The van der Waals surface area contributed by atoms with Gasteiger partial charge < -0.3 is 10.1 Å². The molecule has 2 aromatic carbocycles. The van der Waals surface area contributed by atoms with E-state index in [9.17, 15) is 9.59 Å². The number of hydrogen-bond acceptors (Lipinski definition) is 3. The van der Waals surface area contributed by atoms with Crippen LogP contribution in [0.1, 0.15) is 37.5 Å². The van der Waals surface area contributed by atoms with Gasteiger partial charge in [0, 0.05) is 0 Å². The van der Waals surface area contributed by atoms with Gasteiger partial charge in [0.25, 0.3) is 5.91 Å². The van der Waals surface area contributed by atoms with E-state index in [1.165, 1.54) is 4.90 Å². The predicted octanol–water partition coefficient (Wildman–Crippen LogP) is 3.75. The van der Waals surface area contributed by atoms with Crippen molar-refractivity contribution < 1.29 is 14.3 Å². The maximum Gasteiger partial charge on any atom is 0.325 e. The minimum atomic E-state index is -1.05. The summed E-state index contributed by atoms with van der Waals surface area (Å²) in [6.07, 6.45) is 0.0614. The molecule has 1 atom stereocenters. The topological polar surface area (TPSA) is 58.6 Å². The number of hydrogen-bond donors (Lipinski definition) is 1. The summed E-state index contributed by atoms with van der Waals surface area (Å²) in [5.74, 6) is 0.484. The summed E-state index contributed by atoms with van der Waals surface area (Å²) in [6, 6.07) is 14.7. The molecule has 0 saturated carbocycles. The number of amides is 3. The van der Waals surface area contributed by atoms with Crippen molar-refractivity contribution in [3.05, 3.63) is 65.2 Å². The van der Waals surface area contributed by atoms with Crippen LogP contribution in [0.25, 0.3) is 0 Å². The fraction of sp³-hybridized carbons (Fsp3) is 0.333. The molecule has 136 valence electrons. The van der Waals surface area contributed by atoms with E-state index in [4.69, 9.17) is 4.74 Å². The maximum absolute atomic E-state index is 13.1. The Morgan fingerprint density at radius 3 is 2.54 bits per heavy atom. The average Bonchev–Trinajstić information content (AvgIpc) is 2.79. The highest BCUT2D eigenvalue weighted by Crippen LogP contribution is 2.32. The second-order valence-electron chi connectivity index (χ2n) is 7.08. The summed E-state index contributed by atoms with van der Waals surface area (Å²) < 4.78 is 5.69. The zero-order valence-electron chi connectivity index (χ0n) is 15.6. The second-order valence-corrected chi connectivity index (χ2v) is 7.08. The molecule has 2 aromatic rings. The number of carbonyl (C=O) groups excluding carboxylic acids is 2. The van der Waals surface area contributed by atoms with Crippen LogP contribution in [0.4, 0.5) is 4.79 Å². The van der Waals surface area contributed by atoms with Crippen LogP contribution in [0.5, 0.6) is 5.75 Å². The third kappa shape index (κ3) is 3.29. The number of nitrogens with zero attached hydrogens (tertiary/aromatic N) is 1. The van der Waals surface area contributed by atoms with E-state index in [1.54, 1.807) is 6.92 Å². The van der Waals surface area contributed by atoms with Gasteiger partial charge in [0.05, 0.1) is 12.6 Å². The van der Waals surface area contributed by atoms with Crippen LogP contribution in [0, 0.1) is 6.92 Å². The van der Waals surface area contributed by atoms with Gasteiger partial charge in [-0.25, -0.2) is 4.79 Å². The first kappa shape index (κ1) is 18.0. The summed E-state index contributed by atoms with van der Waals surface area (Å²) >= 11 is 0. The Morgan fingerprint density at radius 2 is 1.85 bits per heavy atom. The highest BCUT2D eigenvalue weighted by molar-refractivity contribution is 6.07. The van der Waals surface area contributed by atoms with E-state index in [2.05, 4.69) is 5.32 Å². The number of ether oxygens (including phenoxy) is 1. The van der Waals surface area contributed by atoms with Crippen LogP contribution < -0.4 is 10.1 Å². The summed E-state index contributed by atoms with van der Waals surface area (Å²) in [6.45, 7) is 7.82. The Balaban J connectivity index is 1.85. The van der Waals surface area contributed by atoms with Gasteiger partial charge in [0.15, 0.2) is 0 Å². The van der Waals surface area contributed by atoms with Gasteiger partial charge in [-0.2, -0.15) is 0 Å². The quantitative estimate of drug-likeness (QED) is 0.834. The predicted molar refractivity (Wildman–Crippen MR) is 99.8 cm³/mol. The molecule has 5 nitrogen and oxygen atoms in total. The van der Waals surface area contributed by atoms with Crippen molar-refractivity contribution >= 4 is 11.9 Å². The number of carbonyl (C=O) groups is 2. The molecule has 0 bridgehead atoms. The summed E-state index contributed by atoms with van der Waals surface area (Å²) in [5.41, 5.74) is 1.59. The van der Waals surface area contributed by atoms with Crippen molar-refractivity contribution in [3.63, 3.8) is 0 Å². The minimum absolute atomic E-state index is 0.0614. The van der Waals surface area contributed by atoms with Gasteiger partial charge in [-0.1, -0.05) is 36.4 Å². The molecule has 1 saturated heterocycles. The third-order valence-electron chi connectivity index (χ3n) is 4.57. The van der Waals surface area contributed by atoms with Crippen molar-refractivity contribution in [1.29, 1.82) is 0 Å². The maximum atomic E-state index is 13.1. The zero-order chi connectivity index (χ0) is 18.9. The molecule has 1 N–H and O–H groups in total. The lowest BCUT2D eigenvalue weighted by Gasteiger charge is -2.24. The monoisotopic (exact) mass is 352 g/mol. The Morgan fingerprint density at radius 1 is 1.12 bits per heavy atom. The van der Waals surface area contributed by atoms with E-state index >= 15 is 0 Å². The highest BCUT2D eigenvalue weighted by atomic mass is 16.5. The molecule has 3 amide bonds. The van der Waals surface area contributed by atoms with Gasteiger partial charge in [-0.05, 0) is 56.5 Å². The highest BCUT2D eigenvalue weighted by Gasteiger charge is 2.49. The van der Waals surface area contributed by atoms with Crippen LogP contribution in [0.2, 0.25) is 0 Å². The fourth-order valence-electron chi connectivity index (χ4n) is 3.33. The molecule has 1 fully saturated rings. The normalized spacial score (nSPS) is 19.8. The van der Waals surface area contributed by atoms with Gasteiger partial charge in [-0.15, -0.1) is 0 Å². The van der Waals surface area contributed by atoms with Gasteiger partial charge in [0.2, 0.25) is 0 Å². The first-order chi connectivity index (χ1) is 12.3. The minimum Gasteiger partial charge on any atom is -0.491 e. The molecule has 0 radical (unpaired) electrons. The van der Waals surface area contributed by atoms with Crippen molar-refractivity contribution in [3.8, 4) is 5.75 Å². The van der Waals surface area contributed by atoms with Crippen LogP contribution in [-0.2, 0) is 16.9 Å². The van der Waals surface area contributed by atoms with E-state index in [0.29, 0.717) is 0 Å². The summed E-state index contributed by atoms with van der Waals surface area (Å²) in [5, 5.41) is 2.86. The van der Waals surface area contributed by atoms with Crippen LogP contribution >= 0.6 is 0 Å². The number of aryl methyl sites for hydroxylation is 1. The molecule has 26 heavy (non-hydrogen) atoms. The lowest BCUT2D eigenvalue weighted by atomic mass is 9.88. The molecule has 0 aliphatic carbocycles. The SMILES string of the molecule is Cc1ccccc1C1(C)NC(=O)N(Cc2cccc(OC(C)C)c2)C1=O. The first-order valence-electron chi connectivity index (χ1n) is 8.77. The lowest BCUT2D eigenvalue weighted by molar-refractivity contribution is -0.131. The first-order valence-corrected chi connectivity index (χ1v) is 8.77. The smallest absolute Gasteiger partial charge is 0.325 e. The molecule has 3 rings (SSSR count). The van der Waals surface area contributed by atoms with Crippen LogP contribution in [0.3, 0.4) is 0 Å². The van der Waals surface area contributed by atoms with E-state index in [-0.39, 0.29) is 24.6 Å². The number of nitrogens with one attached hydrogen (secondary N) is 1. The Kier molecular flexibility index (Phi) is 4.72. The molecule has 5 heteroatoms. The molecule has 1 unspecified atom stereocenters. The largest absolute Gasteiger partial charge is 0.491 e. The van der Waals surface area contributed by atoms with E-state index < -0.39 is 5.54 Å². The number of rotatable bonds is 5. The second kappa shape index (κ2) is 6.83. The van der Waals surface area contributed by atoms with Crippen molar-refractivity contribution in [2.45, 2.75) is 45.9 Å². The van der Waals surface area contributed by atoms with Crippen molar-refractivity contribution in [2.75, 3.05) is 0 Å². The lowest BCUT2D eigenvalue weighted by Crippen LogP contribution is -2.41. The fourth-order valence-corrected chi connectivity index (χ4v) is 3.33. The Hall–Kier alpha value is -2.82. The Labute approximate surface area is 154 Å². The molecule has 1 aliphatic rings. The molecule has 0 spiro atoms. The summed E-state index contributed by atoms with van der Waals surface area (Å²) in [7, 11) is 0. The van der Waals surface area contributed by atoms with Crippen molar-refractivity contribution in [2.24, 2.45) is 0 Å². The van der Waals surface area contributed by atoms with Crippen molar-refractivity contribution in [1.82, 2.24) is 10.2 Å². The van der Waals surface area contributed by atoms with Crippen LogP contribution in [0.15, 0.2) is 48.5 Å². The summed E-state index contributed by atoms with van der Waals surface area (Å²) in [4.78, 5) is 26.8. The number of benzene rings is 2. The molecule has 0 aromatic heterocycles. The van der Waals surface area contributed by atoms with Gasteiger partial charge in [-0.3, -0.25) is 9.69 Å². The number of imide groups is 1. The molecule has 1 heterocycles.